The first kappa shape index (κ1) is 15.6. The van der Waals surface area contributed by atoms with E-state index < -0.39 is 10.0 Å². The smallest absolute Gasteiger partial charge is 0.235 e. The van der Waals surface area contributed by atoms with Gasteiger partial charge in [-0.25, -0.2) is 17.8 Å². The molecule has 1 N–H and O–H groups in total. The van der Waals surface area contributed by atoms with Crippen LogP contribution in [0, 0.1) is 0 Å². The van der Waals surface area contributed by atoms with Gasteiger partial charge in [-0.3, -0.25) is 0 Å². The zero-order valence-corrected chi connectivity index (χ0v) is 14.7. The average molecular weight is 424 g/mol. The van der Waals surface area contributed by atoms with Gasteiger partial charge in [0, 0.05) is 17.6 Å². The fraction of sp³-hybridized carbons (Fsp3) is 0.273. The summed E-state index contributed by atoms with van der Waals surface area (Å²) in [6, 6.07) is 7.07. The van der Waals surface area contributed by atoms with Crippen molar-refractivity contribution in [1.82, 2.24) is 19.7 Å². The van der Waals surface area contributed by atoms with E-state index in [0.717, 1.165) is 10.0 Å². The van der Waals surface area contributed by atoms with Crippen molar-refractivity contribution in [2.24, 2.45) is 7.05 Å². The number of hydrogen-bond donors (Lipinski definition) is 1. The SMILES string of the molecule is CC(NS(=O)(=O)c1c(Br)nnn1C)c1ccc(Br)cc1. The van der Waals surface area contributed by atoms with Gasteiger partial charge in [0.05, 0.1) is 0 Å². The Morgan fingerprint density at radius 1 is 1.25 bits per heavy atom. The van der Waals surface area contributed by atoms with E-state index in [1.807, 2.05) is 24.3 Å². The minimum atomic E-state index is -3.71. The van der Waals surface area contributed by atoms with Crippen LogP contribution in [-0.4, -0.2) is 23.4 Å². The van der Waals surface area contributed by atoms with Crippen molar-refractivity contribution in [3.05, 3.63) is 38.9 Å². The molecule has 108 valence electrons. The molecule has 9 heteroatoms. The van der Waals surface area contributed by atoms with Crippen molar-refractivity contribution in [1.29, 1.82) is 0 Å². The third kappa shape index (κ3) is 3.27. The number of sulfonamides is 1. The molecule has 0 aliphatic rings. The highest BCUT2D eigenvalue weighted by atomic mass is 79.9. The highest BCUT2D eigenvalue weighted by Gasteiger charge is 2.25. The number of rotatable bonds is 4. The van der Waals surface area contributed by atoms with Crippen LogP contribution in [0.25, 0.3) is 0 Å². The number of hydrogen-bond acceptors (Lipinski definition) is 4. The number of aryl methyl sites for hydroxylation is 1. The molecule has 0 radical (unpaired) electrons. The summed E-state index contributed by atoms with van der Waals surface area (Å²) >= 11 is 6.43. The van der Waals surface area contributed by atoms with Crippen LogP contribution in [0.1, 0.15) is 18.5 Å². The summed E-state index contributed by atoms with van der Waals surface area (Å²) in [4.78, 5) is 0. The van der Waals surface area contributed by atoms with E-state index in [1.165, 1.54) is 11.7 Å². The third-order valence-electron chi connectivity index (χ3n) is 2.69. The van der Waals surface area contributed by atoms with E-state index in [4.69, 9.17) is 0 Å². The van der Waals surface area contributed by atoms with Crippen LogP contribution in [0.3, 0.4) is 0 Å². The second kappa shape index (κ2) is 5.92. The Kier molecular flexibility index (Phi) is 4.62. The molecule has 0 saturated carbocycles. The second-order valence-electron chi connectivity index (χ2n) is 4.20. The summed E-state index contributed by atoms with van der Waals surface area (Å²) in [6.45, 7) is 1.78. The maximum Gasteiger partial charge on any atom is 0.261 e. The van der Waals surface area contributed by atoms with Crippen LogP contribution in [0.2, 0.25) is 0 Å². The first-order chi connectivity index (χ1) is 9.31. The van der Waals surface area contributed by atoms with Gasteiger partial charge in [-0.1, -0.05) is 33.3 Å². The minimum Gasteiger partial charge on any atom is -0.235 e. The molecule has 1 unspecified atom stereocenters. The number of aromatic nitrogens is 3. The maximum absolute atomic E-state index is 12.3. The Labute approximate surface area is 133 Å². The predicted molar refractivity (Wildman–Crippen MR) is 81.6 cm³/mol. The number of benzene rings is 1. The molecule has 1 aromatic carbocycles. The molecule has 20 heavy (non-hydrogen) atoms. The zero-order chi connectivity index (χ0) is 14.9. The summed E-state index contributed by atoms with van der Waals surface area (Å²) < 4.78 is 29.6. The standard InChI is InChI=1S/C11H12Br2N4O2S/c1-7(8-3-5-9(12)6-4-8)15-20(18,19)11-10(13)14-16-17(11)2/h3-7,15H,1-2H3. The molecule has 0 aliphatic carbocycles. The largest absolute Gasteiger partial charge is 0.261 e. The molecule has 1 aromatic heterocycles. The van der Waals surface area contributed by atoms with Gasteiger partial charge >= 0.3 is 0 Å². The Hall–Kier alpha value is -0.770. The molecule has 0 aliphatic heterocycles. The van der Waals surface area contributed by atoms with Crippen LogP contribution in [0.15, 0.2) is 38.4 Å². The molecule has 0 spiro atoms. The van der Waals surface area contributed by atoms with Gasteiger partial charge in [-0.2, -0.15) is 0 Å². The number of nitrogens with zero attached hydrogens (tertiary/aromatic N) is 3. The molecule has 1 atom stereocenters. The molecule has 2 aromatic rings. The van der Waals surface area contributed by atoms with Crippen LogP contribution in [-0.2, 0) is 17.1 Å². The molecule has 2 rings (SSSR count). The third-order valence-corrected chi connectivity index (χ3v) is 5.65. The van der Waals surface area contributed by atoms with Gasteiger partial charge in [0.15, 0.2) is 4.60 Å². The lowest BCUT2D eigenvalue weighted by molar-refractivity contribution is 0.548. The highest BCUT2D eigenvalue weighted by Crippen LogP contribution is 2.22. The van der Waals surface area contributed by atoms with E-state index in [-0.39, 0.29) is 15.7 Å². The summed E-state index contributed by atoms with van der Waals surface area (Å²) in [6.07, 6.45) is 0. The fourth-order valence-electron chi connectivity index (χ4n) is 1.72. The topological polar surface area (TPSA) is 76.9 Å². The van der Waals surface area contributed by atoms with E-state index in [1.54, 1.807) is 6.92 Å². The quantitative estimate of drug-likeness (QED) is 0.818. The highest BCUT2D eigenvalue weighted by molar-refractivity contribution is 9.10. The molecular formula is C11H12Br2N4O2S. The first-order valence-corrected chi connectivity index (χ1v) is 8.71. The van der Waals surface area contributed by atoms with Gasteiger partial charge in [0.25, 0.3) is 10.0 Å². The molecule has 0 saturated heterocycles. The Morgan fingerprint density at radius 2 is 1.85 bits per heavy atom. The van der Waals surface area contributed by atoms with Gasteiger partial charge < -0.3 is 0 Å². The van der Waals surface area contributed by atoms with E-state index >= 15 is 0 Å². The minimum absolute atomic E-state index is 0.00135. The van der Waals surface area contributed by atoms with Crippen molar-refractivity contribution < 1.29 is 8.42 Å². The molecule has 6 nitrogen and oxygen atoms in total. The van der Waals surface area contributed by atoms with Gasteiger partial charge in [-0.05, 0) is 40.5 Å². The van der Waals surface area contributed by atoms with Crippen molar-refractivity contribution >= 4 is 41.9 Å². The molecule has 0 amide bonds. The van der Waals surface area contributed by atoms with Crippen LogP contribution >= 0.6 is 31.9 Å². The van der Waals surface area contributed by atoms with Crippen molar-refractivity contribution in [2.75, 3.05) is 0 Å². The van der Waals surface area contributed by atoms with Crippen molar-refractivity contribution in [3.8, 4) is 0 Å². The lowest BCUT2D eigenvalue weighted by Gasteiger charge is -2.14. The molecular weight excluding hydrogens is 412 g/mol. The molecule has 0 bridgehead atoms. The lowest BCUT2D eigenvalue weighted by Crippen LogP contribution is -2.28. The van der Waals surface area contributed by atoms with Crippen LogP contribution < -0.4 is 4.72 Å². The van der Waals surface area contributed by atoms with E-state index in [2.05, 4.69) is 46.9 Å². The van der Waals surface area contributed by atoms with Crippen LogP contribution in [0.5, 0.6) is 0 Å². The average Bonchev–Trinajstić information content (AvgIpc) is 2.69. The Balaban J connectivity index is 2.27. The second-order valence-corrected chi connectivity index (χ2v) is 7.50. The maximum atomic E-state index is 12.3. The monoisotopic (exact) mass is 422 g/mol. The number of nitrogens with one attached hydrogen (secondary N) is 1. The van der Waals surface area contributed by atoms with Gasteiger partial charge in [0.2, 0.25) is 5.03 Å². The number of halogens is 2. The Morgan fingerprint density at radius 3 is 2.35 bits per heavy atom. The fourth-order valence-corrected chi connectivity index (χ4v) is 4.31. The summed E-state index contributed by atoms with van der Waals surface area (Å²) in [7, 11) is -2.18. The van der Waals surface area contributed by atoms with Gasteiger partial charge in [-0.15, -0.1) is 5.10 Å². The first-order valence-electron chi connectivity index (χ1n) is 5.64. The van der Waals surface area contributed by atoms with Crippen molar-refractivity contribution in [3.63, 3.8) is 0 Å². The molecule has 0 fully saturated rings. The van der Waals surface area contributed by atoms with Crippen molar-refractivity contribution in [2.45, 2.75) is 18.0 Å². The normalized spacial score (nSPS) is 13.4. The Bertz CT molecular complexity index is 693. The molecule has 1 heterocycles. The zero-order valence-electron chi connectivity index (χ0n) is 10.7. The van der Waals surface area contributed by atoms with Crippen LogP contribution in [0.4, 0.5) is 0 Å². The summed E-state index contributed by atoms with van der Waals surface area (Å²) in [5.74, 6) is 0. The van der Waals surface area contributed by atoms with E-state index in [9.17, 15) is 8.42 Å². The summed E-state index contributed by atoms with van der Waals surface area (Å²) in [5, 5.41) is 7.35. The summed E-state index contributed by atoms with van der Waals surface area (Å²) in [5.41, 5.74) is 0.864. The van der Waals surface area contributed by atoms with Gasteiger partial charge in [0.1, 0.15) is 0 Å². The van der Waals surface area contributed by atoms with E-state index in [0.29, 0.717) is 0 Å². The predicted octanol–water partition coefficient (Wildman–Crippen LogP) is 2.38. The lowest BCUT2D eigenvalue weighted by atomic mass is 10.1.